The SMILES string of the molecule is CN1CCN(CCn2cc(C(=O)N(C)Cc3ccc(Cl)c(Cl)c3)c(O)c2O)CC1. The van der Waals surface area contributed by atoms with Crippen LogP contribution in [-0.2, 0) is 13.1 Å². The van der Waals surface area contributed by atoms with Crippen LogP contribution in [0.1, 0.15) is 15.9 Å². The predicted molar refractivity (Wildman–Crippen MR) is 114 cm³/mol. The number of aromatic nitrogens is 1. The molecule has 1 aromatic carbocycles. The van der Waals surface area contributed by atoms with Gasteiger partial charge >= 0.3 is 0 Å². The van der Waals surface area contributed by atoms with E-state index < -0.39 is 5.75 Å². The van der Waals surface area contributed by atoms with E-state index in [1.54, 1.807) is 25.2 Å². The molecule has 3 rings (SSSR count). The van der Waals surface area contributed by atoms with Crippen LogP contribution in [0.25, 0.3) is 0 Å². The molecule has 0 atom stereocenters. The molecule has 0 bridgehead atoms. The highest BCUT2D eigenvalue weighted by Gasteiger charge is 2.24. The van der Waals surface area contributed by atoms with Crippen LogP contribution in [0.2, 0.25) is 10.0 Å². The topological polar surface area (TPSA) is 72.2 Å². The summed E-state index contributed by atoms with van der Waals surface area (Å²) in [5.41, 5.74) is 0.886. The van der Waals surface area contributed by atoms with Crippen molar-refractivity contribution in [2.75, 3.05) is 46.8 Å². The summed E-state index contributed by atoms with van der Waals surface area (Å²) in [6.07, 6.45) is 1.51. The molecule has 0 radical (unpaired) electrons. The van der Waals surface area contributed by atoms with Crippen LogP contribution in [0.5, 0.6) is 11.6 Å². The lowest BCUT2D eigenvalue weighted by atomic mass is 10.2. The van der Waals surface area contributed by atoms with Gasteiger partial charge in [-0.25, -0.2) is 0 Å². The molecule has 1 amide bonds. The van der Waals surface area contributed by atoms with Gasteiger partial charge in [-0.2, -0.15) is 0 Å². The van der Waals surface area contributed by atoms with Crippen LogP contribution in [0, 0.1) is 0 Å². The van der Waals surface area contributed by atoms with Gasteiger partial charge in [0.2, 0.25) is 5.88 Å². The molecule has 0 spiro atoms. The maximum Gasteiger partial charge on any atom is 0.259 e. The number of hydrogen-bond donors (Lipinski definition) is 2. The van der Waals surface area contributed by atoms with Crippen molar-refractivity contribution in [3.63, 3.8) is 0 Å². The van der Waals surface area contributed by atoms with Gasteiger partial charge in [0.1, 0.15) is 5.56 Å². The molecule has 29 heavy (non-hydrogen) atoms. The van der Waals surface area contributed by atoms with E-state index in [-0.39, 0.29) is 17.4 Å². The Labute approximate surface area is 180 Å². The van der Waals surface area contributed by atoms with Gasteiger partial charge in [-0.05, 0) is 24.7 Å². The smallest absolute Gasteiger partial charge is 0.259 e. The highest BCUT2D eigenvalue weighted by molar-refractivity contribution is 6.42. The number of carbonyl (C=O) groups is 1. The van der Waals surface area contributed by atoms with Crippen molar-refractivity contribution in [3.05, 3.63) is 45.6 Å². The van der Waals surface area contributed by atoms with Gasteiger partial charge in [0.25, 0.3) is 5.91 Å². The molecular formula is C20H26Cl2N4O3. The largest absolute Gasteiger partial charge is 0.503 e. The van der Waals surface area contributed by atoms with Crippen molar-refractivity contribution in [2.24, 2.45) is 0 Å². The second-order valence-electron chi connectivity index (χ2n) is 7.46. The van der Waals surface area contributed by atoms with E-state index >= 15 is 0 Å². The van der Waals surface area contributed by atoms with E-state index in [1.165, 1.54) is 15.7 Å². The molecule has 1 saturated heterocycles. The van der Waals surface area contributed by atoms with Crippen LogP contribution < -0.4 is 0 Å². The number of piperazine rings is 1. The summed E-state index contributed by atoms with van der Waals surface area (Å²) in [7, 11) is 3.72. The van der Waals surface area contributed by atoms with Gasteiger partial charge in [0.05, 0.1) is 10.0 Å². The number of halogens is 2. The van der Waals surface area contributed by atoms with E-state index in [0.29, 0.717) is 23.1 Å². The summed E-state index contributed by atoms with van der Waals surface area (Å²) in [6, 6.07) is 5.17. The normalized spacial score (nSPS) is 15.6. The van der Waals surface area contributed by atoms with Crippen molar-refractivity contribution in [3.8, 4) is 11.6 Å². The van der Waals surface area contributed by atoms with E-state index in [0.717, 1.165) is 38.3 Å². The van der Waals surface area contributed by atoms with Gasteiger partial charge < -0.3 is 24.6 Å². The minimum Gasteiger partial charge on any atom is -0.503 e. The maximum absolute atomic E-state index is 12.8. The summed E-state index contributed by atoms with van der Waals surface area (Å²) < 4.78 is 1.52. The molecule has 1 fully saturated rings. The fourth-order valence-electron chi connectivity index (χ4n) is 3.37. The fraction of sp³-hybridized carbons (Fsp3) is 0.450. The minimum absolute atomic E-state index is 0.0726. The van der Waals surface area contributed by atoms with Gasteiger partial charge in [0, 0.05) is 59.1 Å². The predicted octanol–water partition coefficient (Wildman–Crippen LogP) is 2.73. The Balaban J connectivity index is 1.65. The average molecular weight is 441 g/mol. The zero-order valence-corrected chi connectivity index (χ0v) is 18.1. The van der Waals surface area contributed by atoms with Gasteiger partial charge in [-0.3, -0.25) is 9.69 Å². The molecule has 2 aromatic rings. The first-order valence-corrected chi connectivity index (χ1v) is 10.2. The molecule has 1 aromatic heterocycles. The number of hydrogen-bond acceptors (Lipinski definition) is 5. The highest BCUT2D eigenvalue weighted by atomic mass is 35.5. The van der Waals surface area contributed by atoms with Crippen molar-refractivity contribution in [1.82, 2.24) is 19.3 Å². The fourth-order valence-corrected chi connectivity index (χ4v) is 3.69. The lowest BCUT2D eigenvalue weighted by Crippen LogP contribution is -2.45. The number of aromatic hydroxyl groups is 2. The molecule has 0 aliphatic carbocycles. The Kier molecular flexibility index (Phi) is 6.95. The number of nitrogens with zero attached hydrogens (tertiary/aromatic N) is 4. The lowest BCUT2D eigenvalue weighted by molar-refractivity contribution is 0.0782. The molecule has 7 nitrogen and oxygen atoms in total. The first-order chi connectivity index (χ1) is 13.8. The van der Waals surface area contributed by atoms with Crippen molar-refractivity contribution in [1.29, 1.82) is 0 Å². The van der Waals surface area contributed by atoms with E-state index in [1.807, 2.05) is 0 Å². The summed E-state index contributed by atoms with van der Waals surface area (Å²) in [4.78, 5) is 18.8. The number of likely N-dealkylation sites (N-methyl/N-ethyl adjacent to an activating group) is 1. The van der Waals surface area contributed by atoms with Crippen LogP contribution in [-0.4, -0.2) is 82.2 Å². The van der Waals surface area contributed by atoms with E-state index in [2.05, 4.69) is 16.8 Å². The first-order valence-electron chi connectivity index (χ1n) is 9.47. The Bertz CT molecular complexity index is 879. The number of benzene rings is 1. The molecule has 2 heterocycles. The minimum atomic E-state index is -0.394. The van der Waals surface area contributed by atoms with Gasteiger partial charge in [-0.15, -0.1) is 0 Å². The Morgan fingerprint density at radius 3 is 2.45 bits per heavy atom. The molecule has 1 aliphatic rings. The molecule has 9 heteroatoms. The van der Waals surface area contributed by atoms with E-state index in [4.69, 9.17) is 23.2 Å². The lowest BCUT2D eigenvalue weighted by Gasteiger charge is -2.32. The van der Waals surface area contributed by atoms with E-state index in [9.17, 15) is 15.0 Å². The van der Waals surface area contributed by atoms with Crippen molar-refractivity contribution < 1.29 is 15.0 Å². The molecular weight excluding hydrogens is 415 g/mol. The monoisotopic (exact) mass is 440 g/mol. The molecule has 158 valence electrons. The number of rotatable bonds is 6. The standard InChI is InChI=1S/C20H26Cl2N4O3/c1-23-5-7-25(8-6-23)9-10-26-13-15(18(27)20(26)29)19(28)24(2)12-14-3-4-16(21)17(22)11-14/h3-4,11,13,27,29H,5-10,12H2,1-2H3. The van der Waals surface area contributed by atoms with Gasteiger partial charge in [0.15, 0.2) is 5.75 Å². The van der Waals surface area contributed by atoms with Crippen LogP contribution in [0.15, 0.2) is 24.4 Å². The Morgan fingerprint density at radius 2 is 1.79 bits per heavy atom. The Morgan fingerprint density at radius 1 is 1.10 bits per heavy atom. The van der Waals surface area contributed by atoms with Crippen molar-refractivity contribution in [2.45, 2.75) is 13.1 Å². The average Bonchev–Trinajstić information content (AvgIpc) is 2.98. The second kappa shape index (κ2) is 9.26. The number of amides is 1. The third-order valence-electron chi connectivity index (χ3n) is 5.26. The zero-order chi connectivity index (χ0) is 21.1. The quantitative estimate of drug-likeness (QED) is 0.722. The summed E-state index contributed by atoms with van der Waals surface area (Å²) in [6.45, 7) is 5.46. The molecule has 2 N–H and O–H groups in total. The molecule has 0 saturated carbocycles. The molecule has 0 unspecified atom stereocenters. The Hall–Kier alpha value is -1.93. The zero-order valence-electron chi connectivity index (χ0n) is 16.6. The summed E-state index contributed by atoms with van der Waals surface area (Å²) >= 11 is 12.0. The third-order valence-corrected chi connectivity index (χ3v) is 6.00. The first kappa shape index (κ1) is 21.8. The third kappa shape index (κ3) is 5.17. The van der Waals surface area contributed by atoms with Crippen LogP contribution >= 0.6 is 23.2 Å². The summed E-state index contributed by atoms with van der Waals surface area (Å²) in [5.74, 6) is -1.07. The highest BCUT2D eigenvalue weighted by Crippen LogP contribution is 2.32. The van der Waals surface area contributed by atoms with Crippen molar-refractivity contribution >= 4 is 29.1 Å². The summed E-state index contributed by atoms with van der Waals surface area (Å²) in [5, 5.41) is 21.4. The maximum atomic E-state index is 12.8. The molecule has 1 aliphatic heterocycles. The number of carbonyl (C=O) groups excluding carboxylic acids is 1. The van der Waals surface area contributed by atoms with Crippen LogP contribution in [0.4, 0.5) is 0 Å². The van der Waals surface area contributed by atoms with Crippen LogP contribution in [0.3, 0.4) is 0 Å². The second-order valence-corrected chi connectivity index (χ2v) is 8.28. The van der Waals surface area contributed by atoms with Gasteiger partial charge in [-0.1, -0.05) is 29.3 Å².